The number of fused-ring (bicyclic) bond motifs is 1. The standard InChI is InChI=1S/C18H21N3O3/c1-11-15(13(3)24-20-11)10-21(4)18(22)19-12(2)17-9-14-7-5-6-8-16(14)23-17/h5-9,12H,10H2,1-4H3,(H,19,22)/t12-/m1/s1. The van der Waals surface area contributed by atoms with Gasteiger partial charge in [-0.05, 0) is 32.9 Å². The minimum atomic E-state index is -0.225. The fourth-order valence-electron chi connectivity index (χ4n) is 2.62. The number of aromatic nitrogens is 1. The molecule has 0 saturated heterocycles. The molecule has 0 fully saturated rings. The van der Waals surface area contributed by atoms with Gasteiger partial charge in [0, 0.05) is 18.0 Å². The molecule has 0 spiro atoms. The van der Waals surface area contributed by atoms with E-state index < -0.39 is 0 Å². The number of carbonyl (C=O) groups excluding carboxylic acids is 1. The van der Waals surface area contributed by atoms with Crippen molar-refractivity contribution < 1.29 is 13.7 Å². The molecular formula is C18H21N3O3. The zero-order valence-electron chi connectivity index (χ0n) is 14.3. The SMILES string of the molecule is Cc1noc(C)c1CN(C)C(=O)N[C@H](C)c1cc2ccccc2o1. The van der Waals surface area contributed by atoms with Crippen LogP contribution < -0.4 is 5.32 Å². The summed E-state index contributed by atoms with van der Waals surface area (Å²) in [6.07, 6.45) is 0. The molecular weight excluding hydrogens is 306 g/mol. The first-order valence-corrected chi connectivity index (χ1v) is 7.87. The number of para-hydroxylation sites is 1. The summed E-state index contributed by atoms with van der Waals surface area (Å²) < 4.78 is 10.9. The average molecular weight is 327 g/mol. The first-order valence-electron chi connectivity index (χ1n) is 7.87. The van der Waals surface area contributed by atoms with Crippen molar-refractivity contribution in [1.29, 1.82) is 0 Å². The molecule has 0 saturated carbocycles. The second-order valence-electron chi connectivity index (χ2n) is 6.02. The molecule has 126 valence electrons. The van der Waals surface area contributed by atoms with E-state index in [4.69, 9.17) is 8.94 Å². The summed E-state index contributed by atoms with van der Waals surface area (Å²) in [6, 6.07) is 9.34. The Morgan fingerprint density at radius 1 is 1.33 bits per heavy atom. The monoisotopic (exact) mass is 327 g/mol. The first kappa shape index (κ1) is 16.1. The maximum absolute atomic E-state index is 12.4. The van der Waals surface area contributed by atoms with Gasteiger partial charge in [-0.1, -0.05) is 23.4 Å². The van der Waals surface area contributed by atoms with Gasteiger partial charge in [0.05, 0.1) is 18.3 Å². The molecule has 0 aliphatic carbocycles. The van der Waals surface area contributed by atoms with E-state index >= 15 is 0 Å². The van der Waals surface area contributed by atoms with Gasteiger partial charge in [0.15, 0.2) is 0 Å². The maximum Gasteiger partial charge on any atom is 0.318 e. The van der Waals surface area contributed by atoms with Crippen LogP contribution in [-0.4, -0.2) is 23.1 Å². The van der Waals surface area contributed by atoms with Gasteiger partial charge in [0.1, 0.15) is 17.1 Å². The molecule has 2 heterocycles. The van der Waals surface area contributed by atoms with Crippen LogP contribution in [0.15, 0.2) is 39.3 Å². The van der Waals surface area contributed by atoms with E-state index in [0.29, 0.717) is 6.54 Å². The lowest BCUT2D eigenvalue weighted by atomic mass is 10.2. The van der Waals surface area contributed by atoms with Gasteiger partial charge in [0.2, 0.25) is 0 Å². The fraction of sp³-hybridized carbons (Fsp3) is 0.333. The molecule has 3 aromatic rings. The summed E-state index contributed by atoms with van der Waals surface area (Å²) in [5.74, 6) is 1.47. The molecule has 0 aliphatic heterocycles. The number of urea groups is 1. The smallest absolute Gasteiger partial charge is 0.318 e. The van der Waals surface area contributed by atoms with Gasteiger partial charge in [-0.3, -0.25) is 0 Å². The van der Waals surface area contributed by atoms with E-state index in [1.54, 1.807) is 11.9 Å². The van der Waals surface area contributed by atoms with Crippen LogP contribution in [0.4, 0.5) is 4.79 Å². The Kier molecular flexibility index (Phi) is 4.29. The highest BCUT2D eigenvalue weighted by molar-refractivity contribution is 5.78. The number of amides is 2. The highest BCUT2D eigenvalue weighted by Gasteiger charge is 2.19. The predicted molar refractivity (Wildman–Crippen MR) is 90.6 cm³/mol. The van der Waals surface area contributed by atoms with Crippen molar-refractivity contribution in [3.8, 4) is 0 Å². The van der Waals surface area contributed by atoms with E-state index in [9.17, 15) is 4.79 Å². The first-order chi connectivity index (χ1) is 11.5. The Bertz CT molecular complexity index is 813. The van der Waals surface area contributed by atoms with E-state index in [1.807, 2.05) is 51.1 Å². The molecule has 0 radical (unpaired) electrons. The van der Waals surface area contributed by atoms with E-state index in [2.05, 4.69) is 10.5 Å². The third-order valence-electron chi connectivity index (χ3n) is 4.13. The largest absolute Gasteiger partial charge is 0.459 e. The molecule has 1 atom stereocenters. The number of rotatable bonds is 4. The fourth-order valence-corrected chi connectivity index (χ4v) is 2.62. The maximum atomic E-state index is 12.4. The molecule has 24 heavy (non-hydrogen) atoms. The summed E-state index contributed by atoms with van der Waals surface area (Å²) in [6.45, 7) is 6.06. The molecule has 1 aromatic carbocycles. The lowest BCUT2D eigenvalue weighted by Crippen LogP contribution is -2.38. The van der Waals surface area contributed by atoms with Crippen molar-refractivity contribution in [1.82, 2.24) is 15.4 Å². The van der Waals surface area contributed by atoms with E-state index in [1.165, 1.54) is 0 Å². The summed E-state index contributed by atoms with van der Waals surface area (Å²) in [7, 11) is 1.74. The molecule has 0 aliphatic rings. The number of aryl methyl sites for hydroxylation is 2. The van der Waals surface area contributed by atoms with Crippen molar-refractivity contribution in [3.05, 3.63) is 53.1 Å². The van der Waals surface area contributed by atoms with Crippen LogP contribution >= 0.6 is 0 Å². The number of benzene rings is 1. The normalized spacial score (nSPS) is 12.3. The molecule has 0 unspecified atom stereocenters. The van der Waals surface area contributed by atoms with Crippen LogP contribution in [0.2, 0.25) is 0 Å². The molecule has 3 rings (SSSR count). The van der Waals surface area contributed by atoms with Crippen LogP contribution in [-0.2, 0) is 6.54 Å². The summed E-state index contributed by atoms with van der Waals surface area (Å²) in [5, 5.41) is 7.89. The highest BCUT2D eigenvalue weighted by atomic mass is 16.5. The van der Waals surface area contributed by atoms with Gasteiger partial charge in [-0.25, -0.2) is 4.79 Å². The van der Waals surface area contributed by atoms with Crippen molar-refractivity contribution in [2.45, 2.75) is 33.4 Å². The zero-order valence-corrected chi connectivity index (χ0v) is 14.3. The number of hydrogen-bond donors (Lipinski definition) is 1. The van der Waals surface area contributed by atoms with Crippen LogP contribution in [0.3, 0.4) is 0 Å². The highest BCUT2D eigenvalue weighted by Crippen LogP contribution is 2.23. The molecule has 6 heteroatoms. The second kappa shape index (κ2) is 6.39. The lowest BCUT2D eigenvalue weighted by molar-refractivity contribution is 0.202. The Labute approximate surface area is 140 Å². The third kappa shape index (κ3) is 3.13. The van der Waals surface area contributed by atoms with E-state index in [0.717, 1.165) is 33.7 Å². The quantitative estimate of drug-likeness (QED) is 0.788. The number of furan rings is 1. The van der Waals surface area contributed by atoms with Crippen molar-refractivity contribution in [2.75, 3.05) is 7.05 Å². The Balaban J connectivity index is 1.67. The van der Waals surface area contributed by atoms with Gasteiger partial charge in [0.25, 0.3) is 0 Å². The van der Waals surface area contributed by atoms with Crippen LogP contribution in [0.25, 0.3) is 11.0 Å². The van der Waals surface area contributed by atoms with Crippen molar-refractivity contribution in [3.63, 3.8) is 0 Å². The Morgan fingerprint density at radius 2 is 2.08 bits per heavy atom. The van der Waals surface area contributed by atoms with Crippen LogP contribution in [0.1, 0.15) is 35.7 Å². The molecule has 2 amide bonds. The zero-order chi connectivity index (χ0) is 17.3. The molecule has 2 aromatic heterocycles. The number of nitrogens with one attached hydrogen (secondary N) is 1. The van der Waals surface area contributed by atoms with Gasteiger partial charge in [-0.15, -0.1) is 0 Å². The van der Waals surface area contributed by atoms with E-state index in [-0.39, 0.29) is 12.1 Å². The summed E-state index contributed by atoms with van der Waals surface area (Å²) in [5.41, 5.74) is 2.55. The van der Waals surface area contributed by atoms with Crippen molar-refractivity contribution in [2.24, 2.45) is 0 Å². The number of nitrogens with zero attached hydrogens (tertiary/aromatic N) is 2. The van der Waals surface area contributed by atoms with Gasteiger partial charge in [-0.2, -0.15) is 0 Å². The predicted octanol–water partition coefficient (Wildman–Crippen LogP) is 3.94. The number of carbonyl (C=O) groups is 1. The van der Waals surface area contributed by atoms with Crippen molar-refractivity contribution >= 4 is 17.0 Å². The molecule has 6 nitrogen and oxygen atoms in total. The summed E-state index contributed by atoms with van der Waals surface area (Å²) >= 11 is 0. The van der Waals surface area contributed by atoms with Gasteiger partial charge < -0.3 is 19.2 Å². The minimum Gasteiger partial charge on any atom is -0.459 e. The van der Waals surface area contributed by atoms with Crippen LogP contribution in [0, 0.1) is 13.8 Å². The molecule has 1 N–H and O–H groups in total. The number of hydrogen-bond acceptors (Lipinski definition) is 4. The second-order valence-corrected chi connectivity index (χ2v) is 6.02. The molecule has 0 bridgehead atoms. The lowest BCUT2D eigenvalue weighted by Gasteiger charge is -2.20. The van der Waals surface area contributed by atoms with Gasteiger partial charge >= 0.3 is 6.03 Å². The summed E-state index contributed by atoms with van der Waals surface area (Å²) in [4.78, 5) is 14.0. The topological polar surface area (TPSA) is 71.5 Å². The third-order valence-corrected chi connectivity index (χ3v) is 4.13. The van der Waals surface area contributed by atoms with Crippen LogP contribution in [0.5, 0.6) is 0 Å². The Hall–Kier alpha value is -2.76. The Morgan fingerprint density at radius 3 is 2.75 bits per heavy atom. The minimum absolute atomic E-state index is 0.178. The average Bonchev–Trinajstić information content (AvgIpc) is 3.13.